The molecule has 2 N–H and O–H groups in total. The Bertz CT molecular complexity index is 502. The highest BCUT2D eigenvalue weighted by molar-refractivity contribution is 5.90. The molecule has 22 heavy (non-hydrogen) atoms. The van der Waals surface area contributed by atoms with Crippen molar-refractivity contribution in [3.05, 3.63) is 24.3 Å². The van der Waals surface area contributed by atoms with Crippen LogP contribution in [-0.2, 0) is 0 Å². The Morgan fingerprint density at radius 3 is 2.59 bits per heavy atom. The second-order valence-electron chi connectivity index (χ2n) is 4.97. The number of rotatable bonds is 5. The van der Waals surface area contributed by atoms with Crippen molar-refractivity contribution >= 4 is 11.7 Å². The molecule has 0 aliphatic carbocycles. The van der Waals surface area contributed by atoms with Gasteiger partial charge in [0.05, 0.1) is 5.69 Å². The first-order chi connectivity index (χ1) is 10.4. The zero-order chi connectivity index (χ0) is 16.0. The minimum absolute atomic E-state index is 0.0292. The van der Waals surface area contributed by atoms with Crippen molar-refractivity contribution < 1.29 is 22.7 Å². The molecule has 1 aliphatic rings. The van der Waals surface area contributed by atoms with E-state index in [1.165, 1.54) is 18.2 Å². The lowest BCUT2D eigenvalue weighted by atomic mass is 10.3. The molecule has 0 spiro atoms. The van der Waals surface area contributed by atoms with E-state index >= 15 is 0 Å². The second kappa shape index (κ2) is 7.35. The molecule has 122 valence electrons. The number of nitrogens with one attached hydrogen (secondary N) is 2. The Balaban J connectivity index is 1.82. The Kier molecular flexibility index (Phi) is 5.48. The van der Waals surface area contributed by atoms with Crippen LogP contribution in [0.3, 0.4) is 0 Å². The third kappa shape index (κ3) is 5.44. The maximum Gasteiger partial charge on any atom is 0.573 e. The zero-order valence-corrected chi connectivity index (χ0v) is 11.9. The molecule has 0 unspecified atom stereocenters. The summed E-state index contributed by atoms with van der Waals surface area (Å²) in [7, 11) is 0. The van der Waals surface area contributed by atoms with E-state index in [0.29, 0.717) is 6.54 Å². The summed E-state index contributed by atoms with van der Waals surface area (Å²) in [6.07, 6.45) is -2.48. The number of likely N-dealkylation sites (tertiary alicyclic amines) is 1. The van der Waals surface area contributed by atoms with Gasteiger partial charge in [-0.2, -0.15) is 0 Å². The molecule has 0 bridgehead atoms. The first-order valence-corrected chi connectivity index (χ1v) is 7.06. The standard InChI is InChI=1S/C14H18F3N3O2/c15-14(16,17)22-12-6-2-1-5-11(12)19-13(21)18-7-10-20-8-3-4-9-20/h1-2,5-6H,3-4,7-10H2,(H2,18,19,21). The van der Waals surface area contributed by atoms with Crippen molar-refractivity contribution in [1.82, 2.24) is 10.2 Å². The van der Waals surface area contributed by atoms with Crippen LogP contribution in [0.25, 0.3) is 0 Å². The first kappa shape index (κ1) is 16.4. The van der Waals surface area contributed by atoms with Gasteiger partial charge in [-0.25, -0.2) is 4.79 Å². The molecule has 5 nitrogen and oxygen atoms in total. The van der Waals surface area contributed by atoms with Crippen LogP contribution in [0.2, 0.25) is 0 Å². The van der Waals surface area contributed by atoms with Crippen LogP contribution in [0.4, 0.5) is 23.7 Å². The number of anilines is 1. The van der Waals surface area contributed by atoms with E-state index in [4.69, 9.17) is 0 Å². The van der Waals surface area contributed by atoms with Crippen LogP contribution in [-0.4, -0.2) is 43.5 Å². The number of carbonyl (C=O) groups excluding carboxylic acids is 1. The molecule has 1 aliphatic heterocycles. The summed E-state index contributed by atoms with van der Waals surface area (Å²) in [5.74, 6) is -0.440. The summed E-state index contributed by atoms with van der Waals surface area (Å²) in [5.41, 5.74) is -0.0292. The monoisotopic (exact) mass is 317 g/mol. The number of amides is 2. The molecular formula is C14H18F3N3O2. The van der Waals surface area contributed by atoms with E-state index in [1.807, 2.05) is 0 Å². The normalized spacial score (nSPS) is 15.6. The van der Waals surface area contributed by atoms with Crippen molar-refractivity contribution in [3.8, 4) is 5.75 Å². The summed E-state index contributed by atoms with van der Waals surface area (Å²) in [6.45, 7) is 3.21. The van der Waals surface area contributed by atoms with Crippen LogP contribution in [0.1, 0.15) is 12.8 Å². The molecule has 0 radical (unpaired) electrons. The van der Waals surface area contributed by atoms with Gasteiger partial charge >= 0.3 is 12.4 Å². The van der Waals surface area contributed by atoms with Crippen molar-refractivity contribution in [2.75, 3.05) is 31.5 Å². The molecule has 1 saturated heterocycles. The van der Waals surface area contributed by atoms with Gasteiger partial charge in [-0.3, -0.25) is 0 Å². The molecule has 8 heteroatoms. The molecular weight excluding hydrogens is 299 g/mol. The molecule has 2 rings (SSSR count). The van der Waals surface area contributed by atoms with Gasteiger partial charge < -0.3 is 20.3 Å². The zero-order valence-electron chi connectivity index (χ0n) is 11.9. The third-order valence-electron chi connectivity index (χ3n) is 3.27. The average molecular weight is 317 g/mol. The van der Waals surface area contributed by atoms with E-state index < -0.39 is 18.1 Å². The lowest BCUT2D eigenvalue weighted by molar-refractivity contribution is -0.274. The number of hydrogen-bond acceptors (Lipinski definition) is 3. The van der Waals surface area contributed by atoms with E-state index in [2.05, 4.69) is 20.3 Å². The van der Waals surface area contributed by atoms with E-state index in [9.17, 15) is 18.0 Å². The Hall–Kier alpha value is -1.96. The highest BCUT2D eigenvalue weighted by Crippen LogP contribution is 2.29. The quantitative estimate of drug-likeness (QED) is 0.878. The summed E-state index contributed by atoms with van der Waals surface area (Å²) in [4.78, 5) is 13.9. The fourth-order valence-electron chi connectivity index (χ4n) is 2.28. The first-order valence-electron chi connectivity index (χ1n) is 7.06. The summed E-state index contributed by atoms with van der Waals surface area (Å²) in [5, 5.41) is 4.98. The number of nitrogens with zero attached hydrogens (tertiary/aromatic N) is 1. The molecule has 1 aromatic rings. The molecule has 1 fully saturated rings. The van der Waals surface area contributed by atoms with Crippen LogP contribution in [0.15, 0.2) is 24.3 Å². The van der Waals surface area contributed by atoms with Gasteiger partial charge in [0.15, 0.2) is 5.75 Å². The van der Waals surface area contributed by atoms with Crippen LogP contribution < -0.4 is 15.4 Å². The minimum atomic E-state index is -4.80. The molecule has 0 saturated carbocycles. The summed E-state index contributed by atoms with van der Waals surface area (Å²) >= 11 is 0. The smallest absolute Gasteiger partial charge is 0.404 e. The van der Waals surface area contributed by atoms with Gasteiger partial charge in [0.25, 0.3) is 0 Å². The summed E-state index contributed by atoms with van der Waals surface area (Å²) < 4.78 is 40.7. The molecule has 0 atom stereocenters. The van der Waals surface area contributed by atoms with Crippen molar-refractivity contribution in [1.29, 1.82) is 0 Å². The van der Waals surface area contributed by atoms with Gasteiger partial charge in [-0.05, 0) is 38.1 Å². The van der Waals surface area contributed by atoms with E-state index in [-0.39, 0.29) is 5.69 Å². The Labute approximate surface area is 126 Å². The topological polar surface area (TPSA) is 53.6 Å². The lowest BCUT2D eigenvalue weighted by Gasteiger charge is -2.16. The van der Waals surface area contributed by atoms with E-state index in [1.54, 1.807) is 0 Å². The predicted octanol–water partition coefficient (Wildman–Crippen LogP) is 2.80. The van der Waals surface area contributed by atoms with Crippen LogP contribution >= 0.6 is 0 Å². The average Bonchev–Trinajstić information content (AvgIpc) is 2.92. The summed E-state index contributed by atoms with van der Waals surface area (Å²) in [6, 6.07) is 4.85. The lowest BCUT2D eigenvalue weighted by Crippen LogP contribution is -2.36. The Morgan fingerprint density at radius 2 is 1.91 bits per heavy atom. The number of ether oxygens (including phenoxy) is 1. The number of alkyl halides is 3. The largest absolute Gasteiger partial charge is 0.573 e. The van der Waals surface area contributed by atoms with Crippen molar-refractivity contribution in [2.45, 2.75) is 19.2 Å². The Morgan fingerprint density at radius 1 is 1.23 bits per heavy atom. The second-order valence-corrected chi connectivity index (χ2v) is 4.97. The minimum Gasteiger partial charge on any atom is -0.404 e. The number of hydrogen-bond donors (Lipinski definition) is 2. The maximum absolute atomic E-state index is 12.3. The molecule has 0 aromatic heterocycles. The fraction of sp³-hybridized carbons (Fsp3) is 0.500. The van der Waals surface area contributed by atoms with Gasteiger partial charge in [0.2, 0.25) is 0 Å². The highest BCUT2D eigenvalue weighted by Gasteiger charge is 2.32. The third-order valence-corrected chi connectivity index (χ3v) is 3.27. The number of para-hydroxylation sites is 2. The van der Waals surface area contributed by atoms with Gasteiger partial charge in [-0.15, -0.1) is 13.2 Å². The van der Waals surface area contributed by atoms with Crippen molar-refractivity contribution in [3.63, 3.8) is 0 Å². The predicted molar refractivity (Wildman–Crippen MR) is 75.8 cm³/mol. The van der Waals surface area contributed by atoms with E-state index in [0.717, 1.165) is 38.5 Å². The van der Waals surface area contributed by atoms with Crippen molar-refractivity contribution in [2.24, 2.45) is 0 Å². The molecule has 2 amide bonds. The maximum atomic E-state index is 12.3. The molecule has 1 aromatic carbocycles. The number of urea groups is 1. The molecule has 1 heterocycles. The van der Waals surface area contributed by atoms with Crippen LogP contribution in [0, 0.1) is 0 Å². The number of benzene rings is 1. The van der Waals surface area contributed by atoms with Gasteiger partial charge in [-0.1, -0.05) is 12.1 Å². The van der Waals surface area contributed by atoms with Gasteiger partial charge in [0.1, 0.15) is 0 Å². The highest BCUT2D eigenvalue weighted by atomic mass is 19.4. The fourth-order valence-corrected chi connectivity index (χ4v) is 2.28. The SMILES string of the molecule is O=C(NCCN1CCCC1)Nc1ccccc1OC(F)(F)F. The van der Waals surface area contributed by atoms with Crippen LogP contribution in [0.5, 0.6) is 5.75 Å². The van der Waals surface area contributed by atoms with Gasteiger partial charge in [0, 0.05) is 13.1 Å². The number of halogens is 3. The number of carbonyl (C=O) groups is 1.